The number of rotatable bonds is 27. The first-order valence-electron chi connectivity index (χ1n) is 14.7. The molecule has 32 heavy (non-hydrogen) atoms. The van der Waals surface area contributed by atoms with Crippen LogP contribution in [0, 0.1) is 5.92 Å². The van der Waals surface area contributed by atoms with E-state index in [9.17, 15) is 9.90 Å². The van der Waals surface area contributed by atoms with Gasteiger partial charge in [0.2, 0.25) is 0 Å². The first-order valence-corrected chi connectivity index (χ1v) is 14.7. The van der Waals surface area contributed by atoms with E-state index in [4.69, 9.17) is 0 Å². The van der Waals surface area contributed by atoms with Gasteiger partial charge >= 0.3 is 5.97 Å². The van der Waals surface area contributed by atoms with Crippen molar-refractivity contribution >= 4 is 5.97 Å². The summed E-state index contributed by atoms with van der Waals surface area (Å²) in [7, 11) is 0. The molecule has 0 aliphatic heterocycles. The molecule has 0 aromatic rings. The number of hydrogen-bond acceptors (Lipinski definition) is 2. The summed E-state index contributed by atoms with van der Waals surface area (Å²) >= 11 is 0. The maximum Gasteiger partial charge on any atom is 0.307 e. The van der Waals surface area contributed by atoms with E-state index in [0.717, 1.165) is 19.4 Å². The summed E-state index contributed by atoms with van der Waals surface area (Å²) < 4.78 is 0. The average molecular weight is 454 g/mol. The normalized spacial score (nSPS) is 12.3. The van der Waals surface area contributed by atoms with Crippen LogP contribution in [0.2, 0.25) is 0 Å². The highest BCUT2D eigenvalue weighted by Gasteiger charge is 2.16. The number of aliphatic carboxylic acids is 1. The molecule has 0 bridgehead atoms. The molecule has 0 aromatic heterocycles. The molecule has 1 unspecified atom stereocenters. The van der Waals surface area contributed by atoms with Gasteiger partial charge in [-0.05, 0) is 19.4 Å². The third-order valence-corrected chi connectivity index (χ3v) is 6.85. The molecular weight excluding hydrogens is 394 g/mol. The summed E-state index contributed by atoms with van der Waals surface area (Å²) in [6.07, 6.45) is 30.3. The minimum atomic E-state index is -0.622. The van der Waals surface area contributed by atoms with Crippen molar-refractivity contribution in [1.82, 2.24) is 5.32 Å². The summed E-state index contributed by atoms with van der Waals surface area (Å²) in [4.78, 5) is 11.5. The molecule has 0 aliphatic rings. The second-order valence-corrected chi connectivity index (χ2v) is 10.1. The molecule has 0 fully saturated rings. The molecule has 1 atom stereocenters. The zero-order chi connectivity index (χ0) is 23.5. The summed E-state index contributed by atoms with van der Waals surface area (Å²) in [5.41, 5.74) is 0. The molecular formula is C29H59NO2. The highest BCUT2D eigenvalue weighted by Crippen LogP contribution is 2.15. The van der Waals surface area contributed by atoms with E-state index < -0.39 is 5.97 Å². The molecule has 0 spiro atoms. The van der Waals surface area contributed by atoms with E-state index in [1.165, 1.54) is 135 Å². The topological polar surface area (TPSA) is 49.3 Å². The molecule has 0 saturated carbocycles. The summed E-state index contributed by atoms with van der Waals surface area (Å²) in [6.45, 7) is 6.16. The highest BCUT2D eigenvalue weighted by atomic mass is 16.4. The molecule has 192 valence electrons. The molecule has 2 N–H and O–H groups in total. The Kier molecular flexibility index (Phi) is 26.2. The largest absolute Gasteiger partial charge is 0.481 e. The Bertz CT molecular complexity index is 344. The Labute approximate surface area is 201 Å². The van der Waals surface area contributed by atoms with Crippen LogP contribution in [0.15, 0.2) is 0 Å². The van der Waals surface area contributed by atoms with E-state index in [1.54, 1.807) is 0 Å². The van der Waals surface area contributed by atoms with Crippen molar-refractivity contribution in [2.75, 3.05) is 13.1 Å². The number of carbonyl (C=O) groups is 1. The van der Waals surface area contributed by atoms with Gasteiger partial charge in [0.1, 0.15) is 0 Å². The minimum absolute atomic E-state index is 0.207. The fraction of sp³-hybridized carbons (Fsp3) is 0.966. The number of nitrogens with one attached hydrogen (secondary N) is 1. The third kappa shape index (κ3) is 24.1. The predicted octanol–water partition coefficient (Wildman–Crippen LogP) is 9.29. The predicted molar refractivity (Wildman–Crippen MR) is 142 cm³/mol. The lowest BCUT2D eigenvalue weighted by molar-refractivity contribution is -0.141. The van der Waals surface area contributed by atoms with Gasteiger partial charge in [-0.25, -0.2) is 0 Å². The third-order valence-electron chi connectivity index (χ3n) is 6.85. The summed E-state index contributed by atoms with van der Waals surface area (Å²) in [5.74, 6) is -0.829. The quantitative estimate of drug-likeness (QED) is 0.122. The molecule has 3 heteroatoms. The molecule has 0 amide bonds. The van der Waals surface area contributed by atoms with Crippen molar-refractivity contribution < 1.29 is 9.90 Å². The molecule has 0 radical (unpaired) electrons. The van der Waals surface area contributed by atoms with Crippen LogP contribution < -0.4 is 5.32 Å². The van der Waals surface area contributed by atoms with E-state index >= 15 is 0 Å². The van der Waals surface area contributed by atoms with E-state index in [0.29, 0.717) is 6.54 Å². The van der Waals surface area contributed by atoms with Crippen LogP contribution in [-0.4, -0.2) is 24.2 Å². The van der Waals surface area contributed by atoms with Gasteiger partial charge in [0.25, 0.3) is 0 Å². The second-order valence-electron chi connectivity index (χ2n) is 10.1. The Morgan fingerprint density at radius 3 is 1.28 bits per heavy atom. The first-order chi connectivity index (χ1) is 15.7. The van der Waals surface area contributed by atoms with Gasteiger partial charge in [-0.2, -0.15) is 0 Å². The monoisotopic (exact) mass is 453 g/mol. The van der Waals surface area contributed by atoms with Crippen molar-refractivity contribution in [1.29, 1.82) is 0 Å². The van der Waals surface area contributed by atoms with Crippen molar-refractivity contribution in [3.63, 3.8) is 0 Å². The van der Waals surface area contributed by atoms with Crippen LogP contribution in [0.25, 0.3) is 0 Å². The van der Waals surface area contributed by atoms with Gasteiger partial charge in [-0.15, -0.1) is 0 Å². The Hall–Kier alpha value is -0.570. The number of carboxylic acids is 1. The maximum absolute atomic E-state index is 11.5. The lowest BCUT2D eigenvalue weighted by atomic mass is 9.99. The standard InChI is InChI=1S/C29H59NO2/c1-3-5-7-9-11-13-15-16-17-19-21-23-25-28(29(31)32)27-30-26-24-22-20-18-14-12-10-8-6-4-2/h28,30H,3-27H2,1-2H3,(H,31,32). The fourth-order valence-electron chi connectivity index (χ4n) is 4.56. The minimum Gasteiger partial charge on any atom is -0.481 e. The van der Waals surface area contributed by atoms with Crippen LogP contribution >= 0.6 is 0 Å². The fourth-order valence-corrected chi connectivity index (χ4v) is 4.56. The Morgan fingerprint density at radius 1 is 0.562 bits per heavy atom. The van der Waals surface area contributed by atoms with Crippen LogP contribution in [0.1, 0.15) is 162 Å². The Morgan fingerprint density at radius 2 is 0.906 bits per heavy atom. The van der Waals surface area contributed by atoms with Gasteiger partial charge in [0, 0.05) is 6.54 Å². The average Bonchev–Trinajstić information content (AvgIpc) is 2.78. The highest BCUT2D eigenvalue weighted by molar-refractivity contribution is 5.70. The first kappa shape index (κ1) is 31.4. The van der Waals surface area contributed by atoms with Crippen LogP contribution in [0.5, 0.6) is 0 Å². The Balaban J connectivity index is 3.42. The summed E-state index contributed by atoms with van der Waals surface area (Å²) in [6, 6.07) is 0. The van der Waals surface area contributed by atoms with Gasteiger partial charge in [-0.3, -0.25) is 4.79 Å². The van der Waals surface area contributed by atoms with Gasteiger partial charge in [0.15, 0.2) is 0 Å². The SMILES string of the molecule is CCCCCCCCCCCCCCC(CNCCCCCCCCCCCC)C(=O)O. The van der Waals surface area contributed by atoms with Gasteiger partial charge in [0.05, 0.1) is 5.92 Å². The molecule has 0 saturated heterocycles. The zero-order valence-corrected chi connectivity index (χ0v) is 22.1. The molecule has 0 aromatic carbocycles. The number of carboxylic acid groups (broad SMARTS) is 1. The van der Waals surface area contributed by atoms with Crippen molar-refractivity contribution in [3.05, 3.63) is 0 Å². The van der Waals surface area contributed by atoms with Crippen LogP contribution in [0.3, 0.4) is 0 Å². The van der Waals surface area contributed by atoms with Gasteiger partial charge in [-0.1, -0.05) is 149 Å². The lowest BCUT2D eigenvalue weighted by Gasteiger charge is -2.13. The molecule has 0 rings (SSSR count). The smallest absolute Gasteiger partial charge is 0.307 e. The van der Waals surface area contributed by atoms with Crippen LogP contribution in [-0.2, 0) is 4.79 Å². The molecule has 3 nitrogen and oxygen atoms in total. The van der Waals surface area contributed by atoms with Crippen molar-refractivity contribution in [2.45, 2.75) is 162 Å². The van der Waals surface area contributed by atoms with Gasteiger partial charge < -0.3 is 10.4 Å². The maximum atomic E-state index is 11.5. The number of unbranched alkanes of at least 4 members (excludes halogenated alkanes) is 20. The van der Waals surface area contributed by atoms with E-state index in [-0.39, 0.29) is 5.92 Å². The van der Waals surface area contributed by atoms with Crippen molar-refractivity contribution in [2.24, 2.45) is 5.92 Å². The second kappa shape index (κ2) is 26.7. The lowest BCUT2D eigenvalue weighted by Crippen LogP contribution is -2.29. The van der Waals surface area contributed by atoms with E-state index in [1.807, 2.05) is 0 Å². The zero-order valence-electron chi connectivity index (χ0n) is 22.1. The molecule has 0 aliphatic carbocycles. The van der Waals surface area contributed by atoms with E-state index in [2.05, 4.69) is 19.2 Å². The van der Waals surface area contributed by atoms with Crippen LogP contribution in [0.4, 0.5) is 0 Å². The summed E-state index contributed by atoms with van der Waals surface area (Å²) in [5, 5.41) is 12.9. The van der Waals surface area contributed by atoms with Crippen molar-refractivity contribution in [3.8, 4) is 0 Å². The number of hydrogen-bond donors (Lipinski definition) is 2. The molecule has 0 heterocycles.